The summed E-state index contributed by atoms with van der Waals surface area (Å²) in [6.45, 7) is 2.17. The van der Waals surface area contributed by atoms with Gasteiger partial charge in [0.1, 0.15) is 5.52 Å². The van der Waals surface area contributed by atoms with Gasteiger partial charge >= 0.3 is 0 Å². The second-order valence-corrected chi connectivity index (χ2v) is 8.89. The third-order valence-electron chi connectivity index (χ3n) is 5.85. The lowest BCUT2D eigenvalue weighted by molar-refractivity contribution is 0.145. The van der Waals surface area contributed by atoms with E-state index in [9.17, 15) is 5.11 Å². The third-order valence-corrected chi connectivity index (χ3v) is 6.56. The van der Waals surface area contributed by atoms with E-state index in [2.05, 4.69) is 42.6 Å². The standard InChI is InChI=1S/C24H24Cl2N6O/c25-19-2-1-3-20(26)18(19)14-28-23-22-21(8-11-27-22)30-24(31-23)29-15-4-6-16(7-5-15)32-12-9-17(33)10-13-32/h1-8,11,17,27,33H,9-10,12-14H2,(H2,28,29,30,31). The van der Waals surface area contributed by atoms with Gasteiger partial charge in [-0.25, -0.2) is 4.98 Å². The molecule has 170 valence electrons. The summed E-state index contributed by atoms with van der Waals surface area (Å²) >= 11 is 12.6. The van der Waals surface area contributed by atoms with E-state index in [0.29, 0.717) is 28.4 Å². The Balaban J connectivity index is 1.34. The van der Waals surface area contributed by atoms with E-state index >= 15 is 0 Å². The highest BCUT2D eigenvalue weighted by Gasteiger charge is 2.17. The van der Waals surface area contributed by atoms with Crippen molar-refractivity contribution in [3.05, 3.63) is 70.3 Å². The van der Waals surface area contributed by atoms with Gasteiger partial charge in [-0.1, -0.05) is 29.3 Å². The van der Waals surface area contributed by atoms with E-state index in [-0.39, 0.29) is 6.10 Å². The molecular formula is C24H24Cl2N6O. The number of aliphatic hydroxyl groups excluding tert-OH is 1. The highest BCUT2D eigenvalue weighted by atomic mass is 35.5. The number of H-pyrrole nitrogens is 1. The average Bonchev–Trinajstić information content (AvgIpc) is 3.29. The Morgan fingerprint density at radius 3 is 2.45 bits per heavy atom. The van der Waals surface area contributed by atoms with Crippen molar-refractivity contribution in [2.75, 3.05) is 28.6 Å². The molecule has 0 aliphatic carbocycles. The van der Waals surface area contributed by atoms with Gasteiger partial charge in [0, 0.05) is 52.8 Å². The Hall–Kier alpha value is -3.00. The van der Waals surface area contributed by atoms with E-state index in [1.54, 1.807) is 0 Å². The molecule has 7 nitrogen and oxygen atoms in total. The number of rotatable bonds is 6. The van der Waals surface area contributed by atoms with Crippen molar-refractivity contribution in [3.8, 4) is 0 Å². The van der Waals surface area contributed by atoms with Gasteiger partial charge in [0.15, 0.2) is 5.82 Å². The molecule has 1 aliphatic rings. The van der Waals surface area contributed by atoms with E-state index in [4.69, 9.17) is 23.2 Å². The predicted molar refractivity (Wildman–Crippen MR) is 135 cm³/mol. The molecule has 4 aromatic rings. The number of anilines is 4. The minimum absolute atomic E-state index is 0.181. The number of benzene rings is 2. The zero-order valence-electron chi connectivity index (χ0n) is 17.9. The quantitative estimate of drug-likeness (QED) is 0.286. The molecule has 0 radical (unpaired) electrons. The van der Waals surface area contributed by atoms with Crippen molar-refractivity contribution < 1.29 is 5.11 Å². The maximum absolute atomic E-state index is 9.72. The van der Waals surface area contributed by atoms with Gasteiger partial charge in [0.25, 0.3) is 0 Å². The lowest BCUT2D eigenvalue weighted by atomic mass is 10.1. The van der Waals surface area contributed by atoms with Crippen LogP contribution in [0, 0.1) is 0 Å². The van der Waals surface area contributed by atoms with Crippen molar-refractivity contribution in [2.45, 2.75) is 25.5 Å². The third kappa shape index (κ3) is 4.85. The van der Waals surface area contributed by atoms with Crippen LogP contribution in [0.25, 0.3) is 11.0 Å². The Bertz CT molecular complexity index is 1230. The summed E-state index contributed by atoms with van der Waals surface area (Å²) < 4.78 is 0. The number of aliphatic hydroxyl groups is 1. The summed E-state index contributed by atoms with van der Waals surface area (Å²) in [6.07, 6.45) is 3.26. The maximum atomic E-state index is 9.72. The Morgan fingerprint density at radius 2 is 1.73 bits per heavy atom. The minimum Gasteiger partial charge on any atom is -0.393 e. The van der Waals surface area contributed by atoms with E-state index in [1.807, 2.05) is 42.6 Å². The molecule has 9 heteroatoms. The van der Waals surface area contributed by atoms with Gasteiger partial charge in [0.05, 0.1) is 11.6 Å². The van der Waals surface area contributed by atoms with Crippen LogP contribution in [0.2, 0.25) is 10.0 Å². The number of hydrogen-bond donors (Lipinski definition) is 4. The Morgan fingerprint density at radius 1 is 1.00 bits per heavy atom. The van der Waals surface area contributed by atoms with Gasteiger partial charge in [-0.2, -0.15) is 4.98 Å². The lowest BCUT2D eigenvalue weighted by Crippen LogP contribution is -2.35. The topological polar surface area (TPSA) is 89.1 Å². The van der Waals surface area contributed by atoms with Gasteiger partial charge in [-0.15, -0.1) is 0 Å². The lowest BCUT2D eigenvalue weighted by Gasteiger charge is -2.31. The normalized spacial score (nSPS) is 14.6. The molecule has 2 aromatic heterocycles. The molecule has 4 N–H and O–H groups in total. The van der Waals surface area contributed by atoms with Gasteiger partial charge in [0.2, 0.25) is 5.95 Å². The van der Waals surface area contributed by atoms with Crippen LogP contribution in [0.4, 0.5) is 23.1 Å². The molecule has 0 spiro atoms. The number of fused-ring (bicyclic) bond motifs is 1. The zero-order valence-corrected chi connectivity index (χ0v) is 19.4. The number of aromatic nitrogens is 3. The largest absolute Gasteiger partial charge is 0.393 e. The van der Waals surface area contributed by atoms with Crippen LogP contribution in [0.3, 0.4) is 0 Å². The van der Waals surface area contributed by atoms with Crippen LogP contribution in [0.15, 0.2) is 54.7 Å². The second kappa shape index (κ2) is 9.47. The number of nitrogens with one attached hydrogen (secondary N) is 3. The van der Waals surface area contributed by atoms with E-state index < -0.39 is 0 Å². The first-order valence-electron chi connectivity index (χ1n) is 10.9. The van der Waals surface area contributed by atoms with E-state index in [1.165, 1.54) is 0 Å². The van der Waals surface area contributed by atoms with Gasteiger partial charge in [-0.05, 0) is 55.3 Å². The number of hydrogen-bond acceptors (Lipinski definition) is 6. The highest BCUT2D eigenvalue weighted by Crippen LogP contribution is 2.28. The first-order chi connectivity index (χ1) is 16.1. The minimum atomic E-state index is -0.181. The number of halogens is 2. The van der Waals surface area contributed by atoms with Crippen molar-refractivity contribution in [1.82, 2.24) is 15.0 Å². The molecule has 0 saturated carbocycles. The molecule has 0 bridgehead atoms. The maximum Gasteiger partial charge on any atom is 0.229 e. The Labute approximate surface area is 201 Å². The molecule has 0 unspecified atom stereocenters. The monoisotopic (exact) mass is 482 g/mol. The molecule has 33 heavy (non-hydrogen) atoms. The van der Waals surface area contributed by atoms with Crippen LogP contribution < -0.4 is 15.5 Å². The highest BCUT2D eigenvalue weighted by molar-refractivity contribution is 6.36. The van der Waals surface area contributed by atoms with Crippen LogP contribution in [-0.2, 0) is 6.54 Å². The van der Waals surface area contributed by atoms with Crippen molar-refractivity contribution in [2.24, 2.45) is 0 Å². The summed E-state index contributed by atoms with van der Waals surface area (Å²) in [5, 5.41) is 17.6. The summed E-state index contributed by atoms with van der Waals surface area (Å²) in [5.41, 5.74) is 4.46. The smallest absolute Gasteiger partial charge is 0.229 e. The fourth-order valence-corrected chi connectivity index (χ4v) is 4.54. The molecule has 2 aromatic carbocycles. The molecule has 1 aliphatic heterocycles. The summed E-state index contributed by atoms with van der Waals surface area (Å²) in [7, 11) is 0. The van der Waals surface area contributed by atoms with Crippen LogP contribution >= 0.6 is 23.2 Å². The molecule has 1 saturated heterocycles. The van der Waals surface area contributed by atoms with E-state index in [0.717, 1.165) is 53.9 Å². The van der Waals surface area contributed by atoms with Gasteiger partial charge < -0.3 is 25.6 Å². The fourth-order valence-electron chi connectivity index (χ4n) is 4.01. The number of piperidine rings is 1. The summed E-state index contributed by atoms with van der Waals surface area (Å²) in [4.78, 5) is 14.8. The van der Waals surface area contributed by atoms with Crippen molar-refractivity contribution >= 4 is 57.4 Å². The molecule has 1 fully saturated rings. The zero-order chi connectivity index (χ0) is 22.8. The molecule has 5 rings (SSSR count). The number of aromatic amines is 1. The average molecular weight is 483 g/mol. The summed E-state index contributed by atoms with van der Waals surface area (Å²) in [6, 6.07) is 15.5. The Kier molecular flexibility index (Phi) is 6.26. The number of nitrogens with zero attached hydrogens (tertiary/aromatic N) is 3. The van der Waals surface area contributed by atoms with Crippen LogP contribution in [0.5, 0.6) is 0 Å². The second-order valence-electron chi connectivity index (χ2n) is 8.08. The fraction of sp³-hybridized carbons (Fsp3) is 0.250. The van der Waals surface area contributed by atoms with Crippen molar-refractivity contribution in [3.63, 3.8) is 0 Å². The first kappa shape index (κ1) is 21.8. The molecular weight excluding hydrogens is 459 g/mol. The first-order valence-corrected chi connectivity index (χ1v) is 11.6. The van der Waals surface area contributed by atoms with Crippen LogP contribution in [0.1, 0.15) is 18.4 Å². The van der Waals surface area contributed by atoms with Gasteiger partial charge in [-0.3, -0.25) is 0 Å². The van der Waals surface area contributed by atoms with Crippen molar-refractivity contribution in [1.29, 1.82) is 0 Å². The molecule has 0 atom stereocenters. The molecule has 0 amide bonds. The molecule has 3 heterocycles. The van der Waals surface area contributed by atoms with Crippen LogP contribution in [-0.4, -0.2) is 39.3 Å². The summed E-state index contributed by atoms with van der Waals surface area (Å²) in [5.74, 6) is 1.15. The predicted octanol–water partition coefficient (Wildman–Crippen LogP) is 5.58. The SMILES string of the molecule is OC1CCN(c2ccc(Nc3nc(NCc4c(Cl)cccc4Cl)c4[nH]ccc4n3)cc2)CC1.